The molecule has 0 unspecified atom stereocenters. The molecule has 0 aliphatic rings. The zero-order valence-corrected chi connectivity index (χ0v) is 18.8. The van der Waals surface area contributed by atoms with Crippen molar-refractivity contribution in [2.24, 2.45) is 0 Å². The molecule has 2 aromatic carbocycles. The van der Waals surface area contributed by atoms with Crippen molar-refractivity contribution >= 4 is 11.8 Å². The van der Waals surface area contributed by atoms with Crippen molar-refractivity contribution in [1.82, 2.24) is 20.2 Å². The van der Waals surface area contributed by atoms with Gasteiger partial charge < -0.3 is 10.2 Å². The Morgan fingerprint density at radius 3 is 2.15 bits per heavy atom. The SMILES string of the molecule is CCC(C)(C)NC(=O)[C@H](c1ccc(F)cc1)N(Cc1ccc(F)cc1)C(=O)c1cnccn1. The maximum absolute atomic E-state index is 13.7. The predicted molar refractivity (Wildman–Crippen MR) is 120 cm³/mol. The molecule has 6 nitrogen and oxygen atoms in total. The first-order valence-corrected chi connectivity index (χ1v) is 10.6. The van der Waals surface area contributed by atoms with Gasteiger partial charge in [0.1, 0.15) is 23.4 Å². The standard InChI is InChI=1S/C25H26F2N4O2/c1-4-25(2,3)30-23(32)22(18-7-11-20(27)12-8-18)31(16-17-5-9-19(26)10-6-17)24(33)21-15-28-13-14-29-21/h5-15,22H,4,16H2,1-3H3,(H,30,32)/t22-/m0/s1. The van der Waals surface area contributed by atoms with Gasteiger partial charge in [-0.25, -0.2) is 13.8 Å². The van der Waals surface area contributed by atoms with Crippen LogP contribution >= 0.6 is 0 Å². The second-order valence-electron chi connectivity index (χ2n) is 8.33. The van der Waals surface area contributed by atoms with E-state index in [-0.39, 0.29) is 12.2 Å². The van der Waals surface area contributed by atoms with Gasteiger partial charge in [0.25, 0.3) is 5.91 Å². The zero-order valence-electron chi connectivity index (χ0n) is 18.8. The van der Waals surface area contributed by atoms with E-state index in [0.29, 0.717) is 17.5 Å². The third-order valence-corrected chi connectivity index (χ3v) is 5.40. The van der Waals surface area contributed by atoms with Crippen LogP contribution in [0.1, 0.15) is 54.8 Å². The van der Waals surface area contributed by atoms with E-state index in [0.717, 1.165) is 0 Å². The number of amides is 2. The molecular weight excluding hydrogens is 426 g/mol. The second kappa shape index (κ2) is 10.3. The molecule has 1 N–H and O–H groups in total. The molecule has 0 aliphatic heterocycles. The van der Waals surface area contributed by atoms with Gasteiger partial charge in [0, 0.05) is 24.5 Å². The summed E-state index contributed by atoms with van der Waals surface area (Å²) in [5.74, 6) is -1.83. The Morgan fingerprint density at radius 1 is 1.00 bits per heavy atom. The van der Waals surface area contributed by atoms with Crippen LogP contribution in [0.2, 0.25) is 0 Å². The van der Waals surface area contributed by atoms with Crippen molar-refractivity contribution in [2.75, 3.05) is 0 Å². The van der Waals surface area contributed by atoms with E-state index < -0.39 is 35.0 Å². The topological polar surface area (TPSA) is 75.2 Å². The van der Waals surface area contributed by atoms with Crippen LogP contribution in [-0.2, 0) is 11.3 Å². The number of nitrogens with one attached hydrogen (secondary N) is 1. The Bertz CT molecular complexity index is 1090. The summed E-state index contributed by atoms with van der Waals surface area (Å²) in [6.45, 7) is 5.69. The molecule has 0 spiro atoms. The van der Waals surface area contributed by atoms with Gasteiger partial charge in [0.2, 0.25) is 5.91 Å². The van der Waals surface area contributed by atoms with Gasteiger partial charge in [0.15, 0.2) is 0 Å². The van der Waals surface area contributed by atoms with E-state index in [1.165, 1.54) is 59.9 Å². The molecule has 172 valence electrons. The molecule has 1 aromatic heterocycles. The normalized spacial score (nSPS) is 12.2. The Kier molecular flexibility index (Phi) is 7.48. The minimum absolute atomic E-state index is 0.00228. The Hall–Kier alpha value is -3.68. The first-order valence-electron chi connectivity index (χ1n) is 10.6. The Morgan fingerprint density at radius 2 is 1.61 bits per heavy atom. The second-order valence-corrected chi connectivity index (χ2v) is 8.33. The fourth-order valence-corrected chi connectivity index (χ4v) is 3.23. The molecule has 3 rings (SSSR count). The maximum atomic E-state index is 13.7. The number of halogens is 2. The number of hydrogen-bond donors (Lipinski definition) is 1. The average molecular weight is 453 g/mol. The van der Waals surface area contributed by atoms with E-state index >= 15 is 0 Å². The number of rotatable bonds is 8. The van der Waals surface area contributed by atoms with Gasteiger partial charge in [-0.15, -0.1) is 0 Å². The highest BCUT2D eigenvalue weighted by Gasteiger charge is 2.35. The van der Waals surface area contributed by atoms with Crippen molar-refractivity contribution < 1.29 is 18.4 Å². The van der Waals surface area contributed by atoms with Crippen LogP contribution in [0.4, 0.5) is 8.78 Å². The minimum Gasteiger partial charge on any atom is -0.349 e. The lowest BCUT2D eigenvalue weighted by atomic mass is 9.98. The number of hydrogen-bond acceptors (Lipinski definition) is 4. The number of benzene rings is 2. The number of nitrogens with zero attached hydrogens (tertiary/aromatic N) is 3. The molecule has 1 heterocycles. The van der Waals surface area contributed by atoms with Crippen LogP contribution in [0, 0.1) is 11.6 Å². The first-order chi connectivity index (χ1) is 15.7. The highest BCUT2D eigenvalue weighted by molar-refractivity contribution is 5.96. The molecule has 0 saturated heterocycles. The van der Waals surface area contributed by atoms with Gasteiger partial charge in [-0.1, -0.05) is 31.2 Å². The summed E-state index contributed by atoms with van der Waals surface area (Å²) in [5, 5.41) is 2.98. The molecule has 1 atom stereocenters. The average Bonchev–Trinajstić information content (AvgIpc) is 2.81. The lowest BCUT2D eigenvalue weighted by Gasteiger charge is -2.34. The van der Waals surface area contributed by atoms with E-state index in [9.17, 15) is 18.4 Å². The first kappa shape index (κ1) is 24.0. The number of carbonyl (C=O) groups is 2. The lowest BCUT2D eigenvalue weighted by Crippen LogP contribution is -2.50. The van der Waals surface area contributed by atoms with Crippen LogP contribution in [-0.4, -0.2) is 32.2 Å². The number of carbonyl (C=O) groups excluding carboxylic acids is 2. The smallest absolute Gasteiger partial charge is 0.275 e. The molecule has 0 aliphatic carbocycles. The summed E-state index contributed by atoms with van der Waals surface area (Å²) in [6.07, 6.45) is 4.80. The molecule has 8 heteroatoms. The monoisotopic (exact) mass is 452 g/mol. The summed E-state index contributed by atoms with van der Waals surface area (Å²) in [6, 6.07) is 9.99. The molecular formula is C25H26F2N4O2. The summed E-state index contributed by atoms with van der Waals surface area (Å²) < 4.78 is 27.1. The molecule has 0 radical (unpaired) electrons. The fraction of sp³-hybridized carbons (Fsp3) is 0.280. The lowest BCUT2D eigenvalue weighted by molar-refractivity contribution is -0.127. The van der Waals surface area contributed by atoms with Gasteiger partial charge >= 0.3 is 0 Å². The molecule has 33 heavy (non-hydrogen) atoms. The molecule has 0 saturated carbocycles. The van der Waals surface area contributed by atoms with Crippen molar-refractivity contribution in [3.05, 3.63) is 95.6 Å². The largest absolute Gasteiger partial charge is 0.349 e. The van der Waals surface area contributed by atoms with Gasteiger partial charge in [-0.3, -0.25) is 14.6 Å². The van der Waals surface area contributed by atoms with Crippen molar-refractivity contribution in [2.45, 2.75) is 45.3 Å². The quantitative estimate of drug-likeness (QED) is 0.548. The highest BCUT2D eigenvalue weighted by Crippen LogP contribution is 2.27. The van der Waals surface area contributed by atoms with Gasteiger partial charge in [0.05, 0.1) is 6.20 Å². The van der Waals surface area contributed by atoms with Crippen LogP contribution in [0.25, 0.3) is 0 Å². The molecule has 2 amide bonds. The van der Waals surface area contributed by atoms with Crippen LogP contribution in [0.3, 0.4) is 0 Å². The minimum atomic E-state index is -1.09. The summed E-state index contributed by atoms with van der Waals surface area (Å²) >= 11 is 0. The zero-order chi connectivity index (χ0) is 24.0. The van der Waals surface area contributed by atoms with E-state index in [2.05, 4.69) is 15.3 Å². The summed E-state index contributed by atoms with van der Waals surface area (Å²) in [5.41, 5.74) is 0.560. The third kappa shape index (κ3) is 6.19. The van der Waals surface area contributed by atoms with E-state index in [4.69, 9.17) is 0 Å². The predicted octanol–water partition coefficient (Wildman–Crippen LogP) is 4.44. The third-order valence-electron chi connectivity index (χ3n) is 5.40. The fourth-order valence-electron chi connectivity index (χ4n) is 3.23. The van der Waals surface area contributed by atoms with Crippen molar-refractivity contribution in [1.29, 1.82) is 0 Å². The Labute approximate surface area is 191 Å². The van der Waals surface area contributed by atoms with E-state index in [1.807, 2.05) is 20.8 Å². The van der Waals surface area contributed by atoms with Gasteiger partial charge in [-0.05, 0) is 55.7 Å². The Balaban J connectivity index is 2.10. The summed E-state index contributed by atoms with van der Waals surface area (Å²) in [7, 11) is 0. The van der Waals surface area contributed by atoms with E-state index in [1.54, 1.807) is 12.1 Å². The number of aromatic nitrogens is 2. The van der Waals surface area contributed by atoms with Crippen LogP contribution < -0.4 is 5.32 Å². The van der Waals surface area contributed by atoms with Crippen LogP contribution in [0.15, 0.2) is 67.1 Å². The maximum Gasteiger partial charge on any atom is 0.275 e. The van der Waals surface area contributed by atoms with Crippen molar-refractivity contribution in [3.8, 4) is 0 Å². The highest BCUT2D eigenvalue weighted by atomic mass is 19.1. The molecule has 0 fully saturated rings. The van der Waals surface area contributed by atoms with Gasteiger partial charge in [-0.2, -0.15) is 0 Å². The molecule has 0 bridgehead atoms. The van der Waals surface area contributed by atoms with Crippen molar-refractivity contribution in [3.63, 3.8) is 0 Å². The summed E-state index contributed by atoms with van der Waals surface area (Å²) in [4.78, 5) is 36.4. The van der Waals surface area contributed by atoms with Crippen LogP contribution in [0.5, 0.6) is 0 Å². The molecule has 3 aromatic rings.